The van der Waals surface area contributed by atoms with Crippen LogP contribution in [0.4, 0.5) is 0 Å². The summed E-state index contributed by atoms with van der Waals surface area (Å²) in [5, 5.41) is 2.97. The lowest BCUT2D eigenvalue weighted by atomic mass is 9.85. The van der Waals surface area contributed by atoms with E-state index < -0.39 is 17.5 Å². The Morgan fingerprint density at radius 3 is 2.38 bits per heavy atom. The van der Waals surface area contributed by atoms with E-state index in [0.717, 1.165) is 25.9 Å². The second-order valence-corrected chi connectivity index (χ2v) is 11.1. The molecule has 3 aliphatic rings. The molecule has 7 heteroatoms. The summed E-state index contributed by atoms with van der Waals surface area (Å²) < 4.78 is 5.53. The van der Waals surface area contributed by atoms with E-state index in [-0.39, 0.29) is 30.3 Å². The zero-order chi connectivity index (χ0) is 24.5. The number of rotatable bonds is 6. The van der Waals surface area contributed by atoms with Gasteiger partial charge in [0.1, 0.15) is 18.7 Å². The Morgan fingerprint density at radius 1 is 1.09 bits per heavy atom. The lowest BCUT2D eigenvalue weighted by Crippen LogP contribution is -2.57. The molecule has 1 aromatic rings. The van der Waals surface area contributed by atoms with Gasteiger partial charge in [0.2, 0.25) is 5.91 Å². The maximum atomic E-state index is 13.5. The Bertz CT molecular complexity index is 899. The maximum absolute atomic E-state index is 13.5. The first-order chi connectivity index (χ1) is 16.2. The van der Waals surface area contributed by atoms with E-state index in [4.69, 9.17) is 4.74 Å². The van der Waals surface area contributed by atoms with Gasteiger partial charge in [-0.3, -0.25) is 14.4 Å². The van der Waals surface area contributed by atoms with Crippen LogP contribution in [0, 0.1) is 5.41 Å². The van der Waals surface area contributed by atoms with Crippen LogP contribution in [-0.4, -0.2) is 78.4 Å². The number of carbonyl (C=O) groups is 3. The van der Waals surface area contributed by atoms with E-state index in [1.807, 2.05) is 32.9 Å². The molecule has 1 aromatic carbocycles. The fraction of sp³-hybridized carbons (Fsp3) is 0.667. The van der Waals surface area contributed by atoms with Crippen LogP contribution in [0.5, 0.6) is 0 Å². The summed E-state index contributed by atoms with van der Waals surface area (Å²) in [6.45, 7) is 12.0. The molecular weight excluding hydrogens is 430 g/mol. The average molecular weight is 470 g/mol. The van der Waals surface area contributed by atoms with Crippen LogP contribution in [-0.2, 0) is 14.3 Å². The highest BCUT2D eigenvalue weighted by molar-refractivity contribution is 5.99. The number of likely N-dealkylation sites (tertiary alicyclic amines) is 2. The Kier molecular flexibility index (Phi) is 7.43. The van der Waals surface area contributed by atoms with E-state index >= 15 is 0 Å². The van der Waals surface area contributed by atoms with Crippen molar-refractivity contribution in [3.05, 3.63) is 35.4 Å². The number of ether oxygens (including phenoxy) is 1. The molecule has 0 spiro atoms. The van der Waals surface area contributed by atoms with Crippen molar-refractivity contribution in [3.8, 4) is 0 Å². The lowest BCUT2D eigenvalue weighted by molar-refractivity contribution is -0.140. The van der Waals surface area contributed by atoms with Gasteiger partial charge in [0.05, 0.1) is 6.10 Å². The molecular formula is C27H39N3O4. The fourth-order valence-corrected chi connectivity index (χ4v) is 5.58. The summed E-state index contributed by atoms with van der Waals surface area (Å²) in [6, 6.07) is 6.61. The monoisotopic (exact) mass is 469 g/mol. The molecule has 0 bridgehead atoms. The molecule has 1 unspecified atom stereocenters. The molecule has 0 aromatic heterocycles. The van der Waals surface area contributed by atoms with Crippen molar-refractivity contribution in [2.24, 2.45) is 5.41 Å². The molecule has 4 rings (SSSR count). The van der Waals surface area contributed by atoms with Gasteiger partial charge in [0.25, 0.3) is 5.91 Å². The minimum Gasteiger partial charge on any atom is -0.368 e. The third kappa shape index (κ3) is 5.20. The van der Waals surface area contributed by atoms with Gasteiger partial charge in [-0.25, -0.2) is 0 Å². The van der Waals surface area contributed by atoms with Crippen molar-refractivity contribution in [1.29, 1.82) is 0 Å². The summed E-state index contributed by atoms with van der Waals surface area (Å²) in [5.74, 6) is 0.0133. The number of amides is 2. The van der Waals surface area contributed by atoms with Crippen molar-refractivity contribution in [2.45, 2.75) is 77.5 Å². The average Bonchev–Trinajstić information content (AvgIpc) is 3.40. The second kappa shape index (κ2) is 10.2. The molecule has 3 fully saturated rings. The minimum atomic E-state index is -0.727. The molecule has 0 aliphatic carbocycles. The Balaban J connectivity index is 1.41. The number of hydrogen-bond acceptors (Lipinski definition) is 5. The zero-order valence-corrected chi connectivity index (χ0v) is 21.0. The van der Waals surface area contributed by atoms with Gasteiger partial charge < -0.3 is 19.9 Å². The molecule has 3 atom stereocenters. The van der Waals surface area contributed by atoms with Crippen molar-refractivity contribution in [1.82, 2.24) is 15.1 Å². The third-order valence-corrected chi connectivity index (χ3v) is 7.56. The highest BCUT2D eigenvalue weighted by Crippen LogP contribution is 2.31. The van der Waals surface area contributed by atoms with Crippen LogP contribution in [0.3, 0.4) is 0 Å². The number of piperidine rings is 1. The van der Waals surface area contributed by atoms with Crippen molar-refractivity contribution < 1.29 is 19.1 Å². The van der Waals surface area contributed by atoms with E-state index in [1.54, 1.807) is 4.90 Å². The van der Waals surface area contributed by atoms with Gasteiger partial charge in [-0.05, 0) is 74.3 Å². The van der Waals surface area contributed by atoms with E-state index in [2.05, 4.69) is 29.3 Å². The van der Waals surface area contributed by atoms with E-state index in [1.165, 1.54) is 18.5 Å². The topological polar surface area (TPSA) is 79.0 Å². The fourth-order valence-electron chi connectivity index (χ4n) is 5.58. The number of fused-ring (bicyclic) bond motifs is 1. The van der Waals surface area contributed by atoms with Crippen LogP contribution in [0.1, 0.15) is 75.2 Å². The van der Waals surface area contributed by atoms with Crippen LogP contribution in [0.2, 0.25) is 0 Å². The Morgan fingerprint density at radius 2 is 1.76 bits per heavy atom. The number of carbonyl (C=O) groups excluding carboxylic acids is 3. The molecule has 3 aliphatic heterocycles. The minimum absolute atomic E-state index is 0.0500. The second-order valence-electron chi connectivity index (χ2n) is 11.1. The molecule has 0 saturated carbocycles. The molecule has 7 nitrogen and oxygen atoms in total. The van der Waals surface area contributed by atoms with Gasteiger partial charge in [0.15, 0.2) is 5.78 Å². The predicted molar refractivity (Wildman–Crippen MR) is 131 cm³/mol. The van der Waals surface area contributed by atoms with E-state index in [9.17, 15) is 14.4 Å². The highest BCUT2D eigenvalue weighted by Gasteiger charge is 2.49. The van der Waals surface area contributed by atoms with Gasteiger partial charge in [-0.2, -0.15) is 0 Å². The SMILES string of the molecule is CCCN1CCC(c2ccc(C(=O)NC(C(=O)N3CC[C@H]4OCC(=O)[C@H]43)C(C)(C)C)cc2)CC1. The standard InChI is InChI=1S/C27H39N3O4/c1-5-13-29-14-10-19(11-15-29)18-6-8-20(9-7-18)25(32)28-24(27(2,3)4)26(33)30-16-12-22-23(30)21(31)17-34-22/h6-9,19,22-24H,5,10-17H2,1-4H3,(H,28,32)/t22-,23-,24?/m1/s1. The largest absolute Gasteiger partial charge is 0.368 e. The zero-order valence-electron chi connectivity index (χ0n) is 21.0. The van der Waals surface area contributed by atoms with Crippen LogP contribution in [0.15, 0.2) is 24.3 Å². The summed E-state index contributed by atoms with van der Waals surface area (Å²) in [6.07, 6.45) is 3.93. The third-order valence-electron chi connectivity index (χ3n) is 7.56. The van der Waals surface area contributed by atoms with Gasteiger partial charge >= 0.3 is 0 Å². The van der Waals surface area contributed by atoms with Crippen molar-refractivity contribution in [2.75, 3.05) is 32.8 Å². The molecule has 2 amide bonds. The van der Waals surface area contributed by atoms with Crippen LogP contribution in [0.25, 0.3) is 0 Å². The Hall–Kier alpha value is -2.25. The summed E-state index contributed by atoms with van der Waals surface area (Å²) >= 11 is 0. The number of nitrogens with zero attached hydrogens (tertiary/aromatic N) is 2. The first-order valence-electron chi connectivity index (χ1n) is 12.8. The molecule has 3 heterocycles. The first-order valence-corrected chi connectivity index (χ1v) is 12.8. The van der Waals surface area contributed by atoms with Crippen molar-refractivity contribution >= 4 is 17.6 Å². The summed E-state index contributed by atoms with van der Waals surface area (Å²) in [4.78, 5) is 43.0. The number of nitrogens with one attached hydrogen (secondary N) is 1. The smallest absolute Gasteiger partial charge is 0.251 e. The molecule has 186 valence electrons. The van der Waals surface area contributed by atoms with Crippen molar-refractivity contribution in [3.63, 3.8) is 0 Å². The number of benzene rings is 1. The molecule has 0 radical (unpaired) electrons. The normalized spacial score (nSPS) is 24.8. The quantitative estimate of drug-likeness (QED) is 0.693. The van der Waals surface area contributed by atoms with Gasteiger partial charge in [-0.15, -0.1) is 0 Å². The van der Waals surface area contributed by atoms with Crippen LogP contribution >= 0.6 is 0 Å². The maximum Gasteiger partial charge on any atom is 0.251 e. The van der Waals surface area contributed by atoms with Crippen LogP contribution < -0.4 is 5.32 Å². The number of hydrogen-bond donors (Lipinski definition) is 1. The van der Waals surface area contributed by atoms with E-state index in [0.29, 0.717) is 24.4 Å². The lowest BCUT2D eigenvalue weighted by Gasteiger charge is -2.35. The summed E-state index contributed by atoms with van der Waals surface area (Å²) in [7, 11) is 0. The highest BCUT2D eigenvalue weighted by atomic mass is 16.5. The van der Waals surface area contributed by atoms with Gasteiger partial charge in [-0.1, -0.05) is 39.8 Å². The predicted octanol–water partition coefficient (Wildman–Crippen LogP) is 2.99. The Labute approximate surface area is 203 Å². The first kappa shape index (κ1) is 24.9. The summed E-state index contributed by atoms with van der Waals surface area (Å²) in [5.41, 5.74) is 1.33. The van der Waals surface area contributed by atoms with Gasteiger partial charge in [0, 0.05) is 12.1 Å². The molecule has 1 N–H and O–H groups in total. The molecule has 3 saturated heterocycles. The number of Topliss-reactive ketones (excluding diaryl/α,β-unsaturated/α-hetero) is 1. The number of ketones is 1. The molecule has 34 heavy (non-hydrogen) atoms.